The van der Waals surface area contributed by atoms with E-state index in [1.54, 1.807) is 13.8 Å². The second-order valence-corrected chi connectivity index (χ2v) is 5.18. The van der Waals surface area contributed by atoms with Gasteiger partial charge in [-0.2, -0.15) is 13.2 Å². The first-order valence-corrected chi connectivity index (χ1v) is 7.37. The van der Waals surface area contributed by atoms with Gasteiger partial charge in [-0.05, 0) is 38.1 Å². The largest absolute Gasteiger partial charge is 0.419 e. The maximum Gasteiger partial charge on any atom is 0.419 e. The number of nitrogens with one attached hydrogen (secondary N) is 1. The second-order valence-electron chi connectivity index (χ2n) is 5.18. The Balaban J connectivity index is 0.000000257. The number of rotatable bonds is 3. The van der Waals surface area contributed by atoms with Crippen molar-refractivity contribution in [3.8, 4) is 0 Å². The van der Waals surface area contributed by atoms with Gasteiger partial charge in [0.05, 0.1) is 5.56 Å². The van der Waals surface area contributed by atoms with Gasteiger partial charge in [0.25, 0.3) is 0 Å². The molecule has 0 aromatic heterocycles. The lowest BCUT2D eigenvalue weighted by Gasteiger charge is -2.09. The average molecular weight is 364 g/mol. The first-order valence-electron chi connectivity index (χ1n) is 7.37. The Kier molecular flexibility index (Phi) is 7.29. The van der Waals surface area contributed by atoms with Gasteiger partial charge < -0.3 is 11.1 Å². The highest BCUT2D eigenvalue weighted by molar-refractivity contribution is 5.45. The zero-order valence-corrected chi connectivity index (χ0v) is 13.6. The lowest BCUT2D eigenvalue weighted by atomic mass is 10.1. The molecule has 0 aliphatic rings. The van der Waals surface area contributed by atoms with Crippen LogP contribution in [0, 0.1) is 17.5 Å². The number of anilines is 1. The predicted molar refractivity (Wildman–Crippen MR) is 84.5 cm³/mol. The van der Waals surface area contributed by atoms with Crippen LogP contribution in [0.3, 0.4) is 0 Å². The highest BCUT2D eigenvalue weighted by atomic mass is 19.4. The van der Waals surface area contributed by atoms with Crippen LogP contribution in [0.25, 0.3) is 0 Å². The fourth-order valence-corrected chi connectivity index (χ4v) is 1.93. The van der Waals surface area contributed by atoms with E-state index in [1.165, 1.54) is 18.2 Å². The molecule has 0 aliphatic heterocycles. The van der Waals surface area contributed by atoms with Gasteiger partial charge in [-0.25, -0.2) is 13.2 Å². The normalized spacial score (nSPS) is 12.2. The van der Waals surface area contributed by atoms with Gasteiger partial charge in [0, 0.05) is 29.9 Å². The van der Waals surface area contributed by atoms with Crippen molar-refractivity contribution >= 4 is 5.69 Å². The van der Waals surface area contributed by atoms with Crippen molar-refractivity contribution in [2.24, 2.45) is 5.73 Å². The minimum Gasteiger partial charge on any atom is -0.385 e. The summed E-state index contributed by atoms with van der Waals surface area (Å²) in [5, 5.41) is 2.72. The Labute approximate surface area is 141 Å². The average Bonchev–Trinajstić information content (AvgIpc) is 2.46. The Morgan fingerprint density at radius 1 is 1.00 bits per heavy atom. The van der Waals surface area contributed by atoms with Crippen LogP contribution < -0.4 is 11.1 Å². The summed E-state index contributed by atoms with van der Waals surface area (Å²) in [7, 11) is 0. The lowest BCUT2D eigenvalue weighted by Crippen LogP contribution is -2.08. The van der Waals surface area contributed by atoms with Crippen molar-refractivity contribution < 1.29 is 26.3 Å². The number of alkyl halides is 3. The van der Waals surface area contributed by atoms with Crippen LogP contribution in [0.4, 0.5) is 32.0 Å². The summed E-state index contributed by atoms with van der Waals surface area (Å²) in [6, 6.07) is 5.76. The van der Waals surface area contributed by atoms with Crippen LogP contribution in [0.5, 0.6) is 0 Å². The maximum absolute atomic E-state index is 12.9. The van der Waals surface area contributed by atoms with E-state index in [9.17, 15) is 26.3 Å². The summed E-state index contributed by atoms with van der Waals surface area (Å²) in [6.45, 7) is 3.96. The summed E-state index contributed by atoms with van der Waals surface area (Å²) < 4.78 is 74.3. The molecule has 3 N–H and O–H groups in total. The second kappa shape index (κ2) is 8.75. The summed E-state index contributed by atoms with van der Waals surface area (Å²) in [5.74, 6) is -2.41. The first-order chi connectivity index (χ1) is 11.6. The highest BCUT2D eigenvalue weighted by Gasteiger charge is 2.33. The van der Waals surface area contributed by atoms with Gasteiger partial charge in [-0.15, -0.1) is 0 Å². The predicted octanol–water partition coefficient (Wildman–Crippen LogP) is 5.26. The summed E-state index contributed by atoms with van der Waals surface area (Å²) in [6.07, 6.45) is -4.63. The molecule has 0 heterocycles. The molecule has 2 rings (SSSR count). The van der Waals surface area contributed by atoms with Crippen LogP contribution in [0.2, 0.25) is 0 Å². The number of halogens is 6. The minimum absolute atomic E-state index is 0.339. The molecule has 138 valence electrons. The zero-order chi connectivity index (χ0) is 19.2. The smallest absolute Gasteiger partial charge is 0.385 e. The summed E-state index contributed by atoms with van der Waals surface area (Å²) in [5.41, 5.74) is 4.85. The third kappa shape index (κ3) is 6.30. The fraction of sp³-hybridized carbons (Fsp3) is 0.294. The maximum atomic E-state index is 12.9. The zero-order valence-electron chi connectivity index (χ0n) is 13.6. The Morgan fingerprint density at radius 3 is 2.08 bits per heavy atom. The lowest BCUT2D eigenvalue weighted by molar-refractivity contribution is -0.139. The molecule has 1 atom stereocenters. The first kappa shape index (κ1) is 20.8. The fourth-order valence-electron chi connectivity index (χ4n) is 1.93. The van der Waals surface area contributed by atoms with Crippen molar-refractivity contribution in [1.82, 2.24) is 0 Å². The third-order valence-corrected chi connectivity index (χ3v) is 3.11. The van der Waals surface area contributed by atoms with E-state index in [0.717, 1.165) is 18.2 Å². The number of benzene rings is 2. The van der Waals surface area contributed by atoms with Gasteiger partial charge in [0.1, 0.15) is 17.5 Å². The van der Waals surface area contributed by atoms with Crippen molar-refractivity contribution in [3.05, 3.63) is 65.0 Å². The van der Waals surface area contributed by atoms with E-state index in [0.29, 0.717) is 17.8 Å². The Morgan fingerprint density at radius 2 is 1.64 bits per heavy atom. The molecule has 0 amide bonds. The van der Waals surface area contributed by atoms with Gasteiger partial charge >= 0.3 is 6.18 Å². The molecule has 0 saturated carbocycles. The van der Waals surface area contributed by atoms with Crippen LogP contribution in [0.15, 0.2) is 36.4 Å². The van der Waals surface area contributed by atoms with Crippen molar-refractivity contribution in [2.45, 2.75) is 26.1 Å². The molecule has 0 saturated heterocycles. The van der Waals surface area contributed by atoms with E-state index in [2.05, 4.69) is 5.32 Å². The Bertz CT molecular complexity index is 698. The minimum atomic E-state index is -4.63. The van der Waals surface area contributed by atoms with Gasteiger partial charge in [-0.1, -0.05) is 6.07 Å². The highest BCUT2D eigenvalue weighted by Crippen LogP contribution is 2.32. The van der Waals surface area contributed by atoms with Gasteiger partial charge in [0.15, 0.2) is 0 Å². The van der Waals surface area contributed by atoms with Gasteiger partial charge in [0.2, 0.25) is 0 Å². The SMILES string of the molecule is CC(N)c1ccc(F)cc1F.CCNc1ccc(C(F)(F)F)c(F)c1. The van der Waals surface area contributed by atoms with Crippen molar-refractivity contribution in [2.75, 3.05) is 11.9 Å². The van der Waals surface area contributed by atoms with Crippen LogP contribution >= 0.6 is 0 Å². The van der Waals surface area contributed by atoms with Crippen LogP contribution in [-0.2, 0) is 6.18 Å². The molecular formula is C17H18F6N2. The molecular weight excluding hydrogens is 346 g/mol. The number of nitrogens with two attached hydrogens (primary N) is 1. The van der Waals surface area contributed by atoms with Crippen molar-refractivity contribution in [1.29, 1.82) is 0 Å². The molecule has 0 aliphatic carbocycles. The summed E-state index contributed by atoms with van der Waals surface area (Å²) in [4.78, 5) is 0. The standard InChI is InChI=1S/C9H9F4N.C8H9F2N/c1-2-14-6-3-4-7(8(10)5-6)9(11,12)13;1-5(11)7-3-2-6(9)4-8(7)10/h3-5,14H,2H2,1H3;2-5H,11H2,1H3. The molecule has 1 unspecified atom stereocenters. The molecule has 0 bridgehead atoms. The molecule has 2 aromatic carbocycles. The number of hydrogen-bond acceptors (Lipinski definition) is 2. The molecule has 8 heteroatoms. The molecule has 0 fully saturated rings. The molecule has 2 aromatic rings. The molecule has 0 spiro atoms. The molecule has 2 nitrogen and oxygen atoms in total. The van der Waals surface area contributed by atoms with Crippen molar-refractivity contribution in [3.63, 3.8) is 0 Å². The van der Waals surface area contributed by atoms with E-state index in [-0.39, 0.29) is 0 Å². The quantitative estimate of drug-likeness (QED) is 0.729. The number of hydrogen-bond donors (Lipinski definition) is 2. The van der Waals surface area contributed by atoms with Crippen LogP contribution in [-0.4, -0.2) is 6.54 Å². The summed E-state index contributed by atoms with van der Waals surface area (Å²) >= 11 is 0. The van der Waals surface area contributed by atoms with E-state index in [1.807, 2.05) is 0 Å². The van der Waals surface area contributed by atoms with E-state index in [4.69, 9.17) is 5.73 Å². The van der Waals surface area contributed by atoms with Gasteiger partial charge in [-0.3, -0.25) is 0 Å². The van der Waals surface area contributed by atoms with Crippen LogP contribution in [0.1, 0.15) is 31.0 Å². The third-order valence-electron chi connectivity index (χ3n) is 3.11. The molecule has 0 radical (unpaired) electrons. The monoisotopic (exact) mass is 364 g/mol. The topological polar surface area (TPSA) is 38.0 Å². The molecule has 25 heavy (non-hydrogen) atoms. The van der Waals surface area contributed by atoms with E-state index >= 15 is 0 Å². The van der Waals surface area contributed by atoms with E-state index < -0.39 is 35.2 Å². The Hall–Kier alpha value is -2.22.